The van der Waals surface area contributed by atoms with Crippen LogP contribution in [-0.2, 0) is 0 Å². The Labute approximate surface area is 107 Å². The molecule has 14 heavy (non-hydrogen) atoms. The fourth-order valence-electron chi connectivity index (χ4n) is 1.09. The van der Waals surface area contributed by atoms with E-state index in [0.29, 0.717) is 20.8 Å². The molecule has 0 fully saturated rings. The van der Waals surface area contributed by atoms with Crippen LogP contribution in [0.1, 0.15) is 0 Å². The average molecular weight is 221 g/mol. The molecule has 1 aromatic carbocycles. The normalized spacial score (nSPS) is 9.79. The Kier molecular flexibility index (Phi) is 3.55. The molecule has 4 nitrogen and oxygen atoms in total. The van der Waals surface area contributed by atoms with Crippen molar-refractivity contribution < 1.29 is 9.84 Å². The molecule has 1 heterocycles. The Hall–Kier alpha value is -0.550. The van der Waals surface area contributed by atoms with Crippen LogP contribution < -0.4 is 4.73 Å². The van der Waals surface area contributed by atoms with E-state index in [1.54, 1.807) is 12.1 Å². The summed E-state index contributed by atoms with van der Waals surface area (Å²) in [4.78, 5) is 3.75. The van der Waals surface area contributed by atoms with Gasteiger partial charge in [-0.05, 0) is 12.1 Å². The first-order valence-electron chi connectivity index (χ1n) is 3.55. The zero-order valence-electron chi connectivity index (χ0n) is 6.44. The number of fused-ring (bicyclic) bond motifs is 1. The predicted octanol–water partition coefficient (Wildman–Crippen LogP) is 0.579. The van der Waals surface area contributed by atoms with Crippen LogP contribution in [0.25, 0.3) is 11.0 Å². The number of halogens is 1. The second-order valence-electron chi connectivity index (χ2n) is 2.56. The van der Waals surface area contributed by atoms with Gasteiger partial charge in [0.15, 0.2) is 0 Å². The summed E-state index contributed by atoms with van der Waals surface area (Å²) in [5, 5.41) is 20.7. The quantitative estimate of drug-likeness (QED) is 0.401. The molecule has 0 saturated heterocycles. The molecule has 0 spiro atoms. The van der Waals surface area contributed by atoms with Crippen molar-refractivity contribution in [3.8, 4) is 5.88 Å². The molecule has 2 rings (SSSR count). The number of nitrogens with zero attached hydrogens (tertiary/aromatic N) is 2. The fraction of sp³-hybridized carbons (Fsp3) is 0. The van der Waals surface area contributed by atoms with Crippen molar-refractivity contribution in [2.45, 2.75) is 0 Å². The zero-order chi connectivity index (χ0) is 9.42. The molecule has 0 amide bonds. The van der Waals surface area contributed by atoms with Crippen LogP contribution in [0.5, 0.6) is 5.88 Å². The van der Waals surface area contributed by atoms with Gasteiger partial charge in [0, 0.05) is 11.1 Å². The van der Waals surface area contributed by atoms with Crippen LogP contribution in [-0.4, -0.2) is 39.6 Å². The molecular weight excluding hydrogens is 215 g/mol. The first-order chi connectivity index (χ1) is 6.16. The maximum absolute atomic E-state index is 11.2. The third kappa shape index (κ3) is 2.09. The predicted molar refractivity (Wildman–Crippen MR) is 54.5 cm³/mol. The Balaban J connectivity index is 0.000000980. The number of hydrogen-bond acceptors (Lipinski definition) is 3. The molecule has 0 bridgehead atoms. The van der Waals surface area contributed by atoms with Gasteiger partial charge in [-0.2, -0.15) is 4.73 Å². The molecule has 6 heteroatoms. The third-order valence-electron chi connectivity index (χ3n) is 1.64. The Bertz CT molecular complexity index is 478. The van der Waals surface area contributed by atoms with E-state index in [4.69, 9.17) is 16.7 Å². The third-order valence-corrected chi connectivity index (χ3v) is 1.88. The van der Waals surface area contributed by atoms with Crippen LogP contribution in [0.4, 0.5) is 0 Å². The fourth-order valence-corrected chi connectivity index (χ4v) is 1.26. The Morgan fingerprint density at radius 3 is 2.86 bits per heavy atom. The molecule has 0 radical (unpaired) electrons. The van der Waals surface area contributed by atoms with Gasteiger partial charge >= 0.3 is 29.6 Å². The van der Waals surface area contributed by atoms with E-state index >= 15 is 0 Å². The zero-order valence-corrected chi connectivity index (χ0v) is 7.19. The van der Waals surface area contributed by atoms with Crippen molar-refractivity contribution in [2.75, 3.05) is 0 Å². The van der Waals surface area contributed by atoms with Gasteiger partial charge in [0.2, 0.25) is 11.7 Å². The molecule has 1 N–H and O–H groups in total. The number of benzene rings is 1. The summed E-state index contributed by atoms with van der Waals surface area (Å²) in [7, 11) is 0. The van der Waals surface area contributed by atoms with E-state index in [2.05, 4.69) is 4.98 Å². The summed E-state index contributed by atoms with van der Waals surface area (Å²) >= 11 is 5.69. The largest absolute Gasteiger partial charge is 0.618 e. The topological polar surface area (TPSA) is 60.1 Å². The van der Waals surface area contributed by atoms with Gasteiger partial charge in [-0.15, -0.1) is 0 Å². The first-order valence-corrected chi connectivity index (χ1v) is 3.93. The molecule has 0 aliphatic carbocycles. The number of aromatic hydroxyl groups is 1. The summed E-state index contributed by atoms with van der Waals surface area (Å²) in [5.74, 6) is -0.301. The van der Waals surface area contributed by atoms with E-state index in [0.717, 1.165) is 6.20 Å². The minimum absolute atomic E-state index is 0. The molecule has 0 aliphatic rings. The maximum Gasteiger partial charge on any atom is 0.279 e. The molecule has 1 aromatic heterocycles. The number of aromatic nitrogens is 2. The first kappa shape index (κ1) is 11.5. The second kappa shape index (κ2) is 4.31. The van der Waals surface area contributed by atoms with E-state index in [1.807, 2.05) is 0 Å². The van der Waals surface area contributed by atoms with Gasteiger partial charge in [-0.3, -0.25) is 0 Å². The monoisotopic (exact) mass is 220 g/mol. The molecule has 2 aromatic rings. The van der Waals surface area contributed by atoms with Gasteiger partial charge in [0.25, 0.3) is 5.88 Å². The summed E-state index contributed by atoms with van der Waals surface area (Å²) in [6.07, 6.45) is 0.985. The van der Waals surface area contributed by atoms with Crippen molar-refractivity contribution in [3.05, 3.63) is 34.6 Å². The summed E-state index contributed by atoms with van der Waals surface area (Å²) in [6, 6.07) is 4.68. The van der Waals surface area contributed by atoms with E-state index in [9.17, 15) is 5.21 Å². The summed E-state index contributed by atoms with van der Waals surface area (Å²) in [5.41, 5.74) is 0.754. The Morgan fingerprint density at radius 2 is 2.14 bits per heavy atom. The van der Waals surface area contributed by atoms with Gasteiger partial charge in [0.1, 0.15) is 5.52 Å². The minimum Gasteiger partial charge on any atom is -0.618 e. The van der Waals surface area contributed by atoms with E-state index in [1.165, 1.54) is 6.07 Å². The number of rotatable bonds is 0. The van der Waals surface area contributed by atoms with Gasteiger partial charge in [-0.1, -0.05) is 11.6 Å². The van der Waals surface area contributed by atoms with Crippen LogP contribution in [0.2, 0.25) is 5.02 Å². The van der Waals surface area contributed by atoms with Crippen molar-refractivity contribution in [1.29, 1.82) is 0 Å². The van der Waals surface area contributed by atoms with Crippen LogP contribution in [0.15, 0.2) is 24.4 Å². The second-order valence-corrected chi connectivity index (χ2v) is 2.99. The van der Waals surface area contributed by atoms with Gasteiger partial charge in [0.05, 0.1) is 0 Å². The standard InChI is InChI=1S/C8H5ClN2O2.Na.H/c9-5-1-2-6-7(3-5)11(13)4-8(12)10-6;;/h1-4H,(H,10,12);;. The molecule has 0 atom stereocenters. The summed E-state index contributed by atoms with van der Waals surface area (Å²) < 4.78 is 0.531. The summed E-state index contributed by atoms with van der Waals surface area (Å²) in [6.45, 7) is 0. The van der Waals surface area contributed by atoms with Crippen LogP contribution in [0, 0.1) is 5.21 Å². The smallest absolute Gasteiger partial charge is 0.279 e. The average Bonchev–Trinajstić information content (AvgIpc) is 2.06. The van der Waals surface area contributed by atoms with Crippen molar-refractivity contribution >= 4 is 52.2 Å². The molecular formula is C8H6ClN2NaO2. The van der Waals surface area contributed by atoms with E-state index in [-0.39, 0.29) is 35.4 Å². The molecule has 0 aliphatic heterocycles. The van der Waals surface area contributed by atoms with E-state index < -0.39 is 0 Å². The van der Waals surface area contributed by atoms with Gasteiger partial charge in [-0.25, -0.2) is 4.98 Å². The van der Waals surface area contributed by atoms with Crippen molar-refractivity contribution in [1.82, 2.24) is 4.98 Å². The SMILES string of the molecule is [NaH].[O-][n+]1cc(O)nc2ccc(Cl)cc21. The van der Waals surface area contributed by atoms with Crippen molar-refractivity contribution in [2.24, 2.45) is 0 Å². The van der Waals surface area contributed by atoms with Crippen LogP contribution in [0.3, 0.4) is 0 Å². The van der Waals surface area contributed by atoms with Gasteiger partial charge < -0.3 is 10.3 Å². The van der Waals surface area contributed by atoms with Crippen LogP contribution >= 0.6 is 11.6 Å². The minimum atomic E-state index is -0.301. The Morgan fingerprint density at radius 1 is 1.43 bits per heavy atom. The molecule has 68 valence electrons. The maximum atomic E-state index is 11.2. The molecule has 0 unspecified atom stereocenters. The molecule has 0 saturated carbocycles. The number of hydrogen-bond donors (Lipinski definition) is 1. The van der Waals surface area contributed by atoms with Crippen molar-refractivity contribution in [3.63, 3.8) is 0 Å².